The molecular formula is C13H16BrN3O3. The van der Waals surface area contributed by atoms with Crippen molar-refractivity contribution in [3.05, 3.63) is 33.9 Å². The van der Waals surface area contributed by atoms with Crippen molar-refractivity contribution in [3.63, 3.8) is 0 Å². The molecule has 0 radical (unpaired) electrons. The Morgan fingerprint density at radius 3 is 2.50 bits per heavy atom. The molecule has 0 aliphatic carbocycles. The first kappa shape index (κ1) is 14.8. The number of aryl methyl sites for hydroxylation is 1. The summed E-state index contributed by atoms with van der Waals surface area (Å²) in [6, 6.07) is 3.81. The van der Waals surface area contributed by atoms with Gasteiger partial charge in [0, 0.05) is 17.9 Å². The van der Waals surface area contributed by atoms with E-state index in [4.69, 9.17) is 14.0 Å². The van der Waals surface area contributed by atoms with Crippen LogP contribution in [-0.2, 0) is 13.1 Å². The first-order valence-corrected chi connectivity index (χ1v) is 6.83. The summed E-state index contributed by atoms with van der Waals surface area (Å²) in [5, 5.41) is 7.08. The van der Waals surface area contributed by atoms with Crippen LogP contribution in [0.2, 0.25) is 0 Å². The Morgan fingerprint density at radius 1 is 1.20 bits per heavy atom. The van der Waals surface area contributed by atoms with Crippen LogP contribution < -0.4 is 14.8 Å². The lowest BCUT2D eigenvalue weighted by atomic mass is 10.2. The molecule has 0 unspecified atom stereocenters. The van der Waals surface area contributed by atoms with Crippen LogP contribution in [0.5, 0.6) is 11.5 Å². The molecule has 7 heteroatoms. The van der Waals surface area contributed by atoms with Crippen LogP contribution in [-0.4, -0.2) is 24.4 Å². The van der Waals surface area contributed by atoms with E-state index in [-0.39, 0.29) is 0 Å². The van der Waals surface area contributed by atoms with Gasteiger partial charge in [0.05, 0.1) is 20.8 Å². The lowest BCUT2D eigenvalue weighted by Crippen LogP contribution is -2.14. The maximum atomic E-state index is 5.29. The van der Waals surface area contributed by atoms with Gasteiger partial charge in [-0.3, -0.25) is 0 Å². The summed E-state index contributed by atoms with van der Waals surface area (Å²) >= 11 is 3.52. The minimum absolute atomic E-state index is 0.540. The molecule has 20 heavy (non-hydrogen) atoms. The third kappa shape index (κ3) is 3.49. The Morgan fingerprint density at radius 2 is 1.90 bits per heavy atom. The van der Waals surface area contributed by atoms with E-state index in [9.17, 15) is 0 Å². The SMILES string of the molecule is COc1cc(Br)c(CNCc2noc(C)n2)cc1OC. The van der Waals surface area contributed by atoms with E-state index in [1.54, 1.807) is 21.1 Å². The van der Waals surface area contributed by atoms with Crippen molar-refractivity contribution < 1.29 is 14.0 Å². The summed E-state index contributed by atoms with van der Waals surface area (Å²) in [6.45, 7) is 2.95. The van der Waals surface area contributed by atoms with Gasteiger partial charge in [0.25, 0.3) is 0 Å². The maximum Gasteiger partial charge on any atom is 0.223 e. The second-order valence-corrected chi connectivity index (χ2v) is 4.99. The number of nitrogens with one attached hydrogen (secondary N) is 1. The van der Waals surface area contributed by atoms with Gasteiger partial charge >= 0.3 is 0 Å². The number of hydrogen-bond donors (Lipinski definition) is 1. The predicted octanol–water partition coefficient (Wildman–Crippen LogP) is 2.45. The van der Waals surface area contributed by atoms with E-state index in [2.05, 4.69) is 31.4 Å². The van der Waals surface area contributed by atoms with E-state index < -0.39 is 0 Å². The topological polar surface area (TPSA) is 69.4 Å². The predicted molar refractivity (Wildman–Crippen MR) is 76.8 cm³/mol. The van der Waals surface area contributed by atoms with Crippen molar-refractivity contribution >= 4 is 15.9 Å². The van der Waals surface area contributed by atoms with Crippen molar-refractivity contribution in [1.29, 1.82) is 0 Å². The highest BCUT2D eigenvalue weighted by Gasteiger charge is 2.10. The smallest absolute Gasteiger partial charge is 0.223 e. The Labute approximate surface area is 125 Å². The van der Waals surface area contributed by atoms with Gasteiger partial charge in [-0.15, -0.1) is 0 Å². The van der Waals surface area contributed by atoms with Crippen molar-refractivity contribution in [1.82, 2.24) is 15.5 Å². The summed E-state index contributed by atoms with van der Waals surface area (Å²) in [5.41, 5.74) is 1.06. The molecule has 0 amide bonds. The van der Waals surface area contributed by atoms with Gasteiger partial charge < -0.3 is 19.3 Å². The molecule has 108 valence electrons. The number of ether oxygens (including phenoxy) is 2. The van der Waals surface area contributed by atoms with Crippen molar-refractivity contribution in [2.24, 2.45) is 0 Å². The summed E-state index contributed by atoms with van der Waals surface area (Å²) in [5.74, 6) is 2.59. The highest BCUT2D eigenvalue weighted by atomic mass is 79.9. The zero-order chi connectivity index (χ0) is 14.5. The molecule has 1 aromatic carbocycles. The zero-order valence-electron chi connectivity index (χ0n) is 11.6. The average molecular weight is 342 g/mol. The Balaban J connectivity index is 2.02. The van der Waals surface area contributed by atoms with Crippen LogP contribution in [0.1, 0.15) is 17.3 Å². The number of benzene rings is 1. The van der Waals surface area contributed by atoms with Crippen LogP contribution in [0, 0.1) is 6.92 Å². The van der Waals surface area contributed by atoms with Gasteiger partial charge in [-0.2, -0.15) is 4.98 Å². The number of halogens is 1. The average Bonchev–Trinajstić information content (AvgIpc) is 2.85. The van der Waals surface area contributed by atoms with Gasteiger partial charge in [0.15, 0.2) is 17.3 Å². The minimum Gasteiger partial charge on any atom is -0.493 e. The fourth-order valence-corrected chi connectivity index (χ4v) is 2.22. The highest BCUT2D eigenvalue weighted by molar-refractivity contribution is 9.10. The largest absolute Gasteiger partial charge is 0.493 e. The summed E-state index contributed by atoms with van der Waals surface area (Å²) in [4.78, 5) is 4.13. The van der Waals surface area contributed by atoms with E-state index in [0.29, 0.717) is 36.3 Å². The minimum atomic E-state index is 0.540. The van der Waals surface area contributed by atoms with Gasteiger partial charge in [0.1, 0.15) is 0 Å². The Bertz CT molecular complexity index is 586. The molecule has 0 aliphatic rings. The second kappa shape index (κ2) is 6.71. The molecule has 1 aromatic heterocycles. The summed E-state index contributed by atoms with van der Waals surface area (Å²) in [6.07, 6.45) is 0. The standard InChI is InChI=1S/C13H16BrN3O3/c1-8-16-13(17-20-8)7-15-6-9-4-11(18-2)12(19-3)5-10(9)14/h4-5,15H,6-7H2,1-3H3. The molecule has 0 fully saturated rings. The molecular weight excluding hydrogens is 326 g/mol. The molecule has 6 nitrogen and oxygen atoms in total. The van der Waals surface area contributed by atoms with Gasteiger partial charge in [-0.05, 0) is 17.7 Å². The number of rotatable bonds is 6. The van der Waals surface area contributed by atoms with Crippen LogP contribution >= 0.6 is 15.9 Å². The molecule has 0 atom stereocenters. The fraction of sp³-hybridized carbons (Fsp3) is 0.385. The van der Waals surface area contributed by atoms with Gasteiger partial charge in [-0.1, -0.05) is 21.1 Å². The molecule has 2 aromatic rings. The molecule has 0 spiro atoms. The summed E-state index contributed by atoms with van der Waals surface area (Å²) in [7, 11) is 3.23. The van der Waals surface area contributed by atoms with Crippen molar-refractivity contribution in [2.45, 2.75) is 20.0 Å². The van der Waals surface area contributed by atoms with E-state index in [1.807, 2.05) is 12.1 Å². The van der Waals surface area contributed by atoms with Crippen LogP contribution in [0.15, 0.2) is 21.1 Å². The molecule has 0 saturated heterocycles. The molecule has 1 N–H and O–H groups in total. The number of nitrogens with zero attached hydrogens (tertiary/aromatic N) is 2. The Kier molecular flexibility index (Phi) is 4.97. The highest BCUT2D eigenvalue weighted by Crippen LogP contribution is 2.33. The molecule has 2 rings (SSSR count). The molecule has 1 heterocycles. The van der Waals surface area contributed by atoms with Crippen molar-refractivity contribution in [2.75, 3.05) is 14.2 Å². The van der Waals surface area contributed by atoms with Crippen molar-refractivity contribution in [3.8, 4) is 11.5 Å². The van der Waals surface area contributed by atoms with Gasteiger partial charge in [0.2, 0.25) is 5.89 Å². The van der Waals surface area contributed by atoms with E-state index >= 15 is 0 Å². The van der Waals surface area contributed by atoms with Gasteiger partial charge in [-0.25, -0.2) is 0 Å². The second-order valence-electron chi connectivity index (χ2n) is 4.13. The number of aromatic nitrogens is 2. The third-order valence-corrected chi connectivity index (χ3v) is 3.46. The van der Waals surface area contributed by atoms with Crippen LogP contribution in [0.3, 0.4) is 0 Å². The Hall–Kier alpha value is -1.60. The molecule has 0 aliphatic heterocycles. The molecule has 0 bridgehead atoms. The number of hydrogen-bond acceptors (Lipinski definition) is 6. The number of methoxy groups -OCH3 is 2. The van der Waals surface area contributed by atoms with Crippen LogP contribution in [0.4, 0.5) is 0 Å². The van der Waals surface area contributed by atoms with E-state index in [0.717, 1.165) is 10.0 Å². The summed E-state index contributed by atoms with van der Waals surface area (Å²) < 4.78 is 16.4. The van der Waals surface area contributed by atoms with Crippen LogP contribution in [0.25, 0.3) is 0 Å². The normalized spacial score (nSPS) is 10.6. The third-order valence-electron chi connectivity index (χ3n) is 2.72. The maximum absolute atomic E-state index is 5.29. The lowest BCUT2D eigenvalue weighted by Gasteiger charge is -2.12. The van der Waals surface area contributed by atoms with E-state index in [1.165, 1.54) is 0 Å². The lowest BCUT2D eigenvalue weighted by molar-refractivity contribution is 0.354. The first-order chi connectivity index (χ1) is 9.63. The fourth-order valence-electron chi connectivity index (χ4n) is 1.75. The molecule has 0 saturated carbocycles. The monoisotopic (exact) mass is 341 g/mol. The zero-order valence-corrected chi connectivity index (χ0v) is 13.2. The first-order valence-electron chi connectivity index (χ1n) is 6.04. The quantitative estimate of drug-likeness (QED) is 0.870.